The third-order valence-corrected chi connectivity index (χ3v) is 4.48. The van der Waals surface area contributed by atoms with Gasteiger partial charge in [-0.05, 0) is 19.4 Å². The fourth-order valence-corrected chi connectivity index (χ4v) is 3.27. The molecule has 0 heterocycles. The van der Waals surface area contributed by atoms with E-state index in [1.54, 1.807) is 6.92 Å². The summed E-state index contributed by atoms with van der Waals surface area (Å²) >= 11 is 0. The fraction of sp³-hybridized carbons (Fsp3) is 0.615. The zero-order chi connectivity index (χ0) is 15.9. The van der Waals surface area contributed by atoms with Gasteiger partial charge in [-0.25, -0.2) is 4.79 Å². The Morgan fingerprint density at radius 1 is 1.25 bits per heavy atom. The van der Waals surface area contributed by atoms with E-state index in [1.807, 2.05) is 28.1 Å². The fourth-order valence-electron chi connectivity index (χ4n) is 1.72. The standard InChI is InChI=1S/C13H22NO5P/c1-6-10(19-12(17)9-8-11(15)16)13(14(3,4)5)20(18)7-2/h8-10H,6-7H2,1-5H3/b9-8+. The highest BCUT2D eigenvalue weighted by atomic mass is 31.1. The highest BCUT2D eigenvalue weighted by molar-refractivity contribution is 7.51. The van der Waals surface area contributed by atoms with Crippen LogP contribution in [0.4, 0.5) is 0 Å². The topological polar surface area (TPSA) is 89.5 Å². The van der Waals surface area contributed by atoms with E-state index in [4.69, 9.17) is 4.74 Å². The Kier molecular flexibility index (Phi) is 7.64. The van der Waals surface area contributed by atoms with Crippen LogP contribution in [0.3, 0.4) is 0 Å². The number of esters is 1. The normalized spacial score (nSPS) is 14.9. The Morgan fingerprint density at radius 3 is 2.15 bits per heavy atom. The number of carboxylic acids is 1. The van der Waals surface area contributed by atoms with Crippen LogP contribution in [-0.4, -0.2) is 55.2 Å². The van der Waals surface area contributed by atoms with Crippen molar-refractivity contribution in [3.63, 3.8) is 0 Å². The van der Waals surface area contributed by atoms with E-state index >= 15 is 0 Å². The Balaban J connectivity index is 5.24. The van der Waals surface area contributed by atoms with Gasteiger partial charge in [0.15, 0.2) is 0 Å². The Hall–Kier alpha value is -1.23. The maximum absolute atomic E-state index is 12.2. The van der Waals surface area contributed by atoms with Crippen molar-refractivity contribution in [2.75, 3.05) is 27.3 Å². The summed E-state index contributed by atoms with van der Waals surface area (Å²) in [5.41, 5.74) is 0.625. The van der Waals surface area contributed by atoms with Gasteiger partial charge < -0.3 is 19.5 Å². The molecule has 0 fully saturated rings. The van der Waals surface area contributed by atoms with Crippen LogP contribution in [0.15, 0.2) is 12.2 Å². The van der Waals surface area contributed by atoms with Gasteiger partial charge in [0.25, 0.3) is 0 Å². The minimum atomic E-state index is -1.62. The van der Waals surface area contributed by atoms with Crippen LogP contribution >= 0.6 is 7.77 Å². The summed E-state index contributed by atoms with van der Waals surface area (Å²) in [7, 11) is 3.94. The van der Waals surface area contributed by atoms with Crippen molar-refractivity contribution in [2.24, 2.45) is 0 Å². The molecule has 20 heavy (non-hydrogen) atoms. The molecule has 0 aliphatic heterocycles. The summed E-state index contributed by atoms with van der Waals surface area (Å²) < 4.78 is 5.53. The molecule has 0 amide bonds. The molecule has 0 bridgehead atoms. The predicted molar refractivity (Wildman–Crippen MR) is 74.8 cm³/mol. The number of carbonyl (C=O) groups is 2. The van der Waals surface area contributed by atoms with Crippen LogP contribution in [0.5, 0.6) is 0 Å². The quantitative estimate of drug-likeness (QED) is 0.267. The molecule has 0 spiro atoms. The van der Waals surface area contributed by atoms with Gasteiger partial charge in [-0.3, -0.25) is 4.48 Å². The minimum Gasteiger partial charge on any atom is -0.626 e. The Labute approximate surface area is 120 Å². The van der Waals surface area contributed by atoms with Crippen LogP contribution in [-0.2, 0) is 14.3 Å². The Morgan fingerprint density at radius 2 is 1.80 bits per heavy atom. The summed E-state index contributed by atoms with van der Waals surface area (Å²) in [5.74, 6) is -2.25. The number of hydrogen-bond donors (Lipinski definition) is 0. The van der Waals surface area contributed by atoms with Crippen LogP contribution in [0.2, 0.25) is 0 Å². The maximum Gasteiger partial charge on any atom is 0.331 e. The molecule has 0 aliphatic rings. The summed E-state index contributed by atoms with van der Waals surface area (Å²) in [6.07, 6.45) is 1.72. The van der Waals surface area contributed by atoms with E-state index < -0.39 is 25.8 Å². The lowest BCUT2D eigenvalue weighted by atomic mass is 10.2. The first-order chi connectivity index (χ1) is 9.13. The summed E-state index contributed by atoms with van der Waals surface area (Å²) in [4.78, 5) is 34.0. The van der Waals surface area contributed by atoms with Crippen molar-refractivity contribution in [3.05, 3.63) is 12.2 Å². The number of quaternary nitrogens is 1. The highest BCUT2D eigenvalue weighted by Crippen LogP contribution is 2.23. The number of ether oxygens (including phenoxy) is 1. The molecule has 114 valence electrons. The number of aliphatic carboxylic acids is 1. The first-order valence-electron chi connectivity index (χ1n) is 6.36. The maximum atomic E-state index is 12.2. The monoisotopic (exact) mass is 303 g/mol. The van der Waals surface area contributed by atoms with Gasteiger partial charge in [-0.1, -0.05) is 6.92 Å². The van der Waals surface area contributed by atoms with Gasteiger partial charge in [0, 0.05) is 6.08 Å². The van der Waals surface area contributed by atoms with Crippen LogP contribution in [0, 0.1) is 0 Å². The van der Waals surface area contributed by atoms with E-state index in [0.717, 1.165) is 6.08 Å². The van der Waals surface area contributed by atoms with Crippen molar-refractivity contribution < 1.29 is 28.8 Å². The van der Waals surface area contributed by atoms with Crippen molar-refractivity contribution in [1.29, 1.82) is 0 Å². The zero-order valence-electron chi connectivity index (χ0n) is 12.6. The van der Waals surface area contributed by atoms with Gasteiger partial charge in [-0.15, -0.1) is 0 Å². The van der Waals surface area contributed by atoms with E-state index in [0.29, 0.717) is 28.6 Å². The molecule has 0 aliphatic carbocycles. The van der Waals surface area contributed by atoms with Gasteiger partial charge in [0.05, 0.1) is 27.1 Å². The summed E-state index contributed by atoms with van der Waals surface area (Å²) in [6.45, 7) is 3.62. The molecular weight excluding hydrogens is 281 g/mol. The molecule has 0 saturated heterocycles. The smallest absolute Gasteiger partial charge is 0.331 e. The molecular formula is C13H22NO5P. The molecule has 0 aromatic rings. The molecule has 0 aromatic heterocycles. The van der Waals surface area contributed by atoms with Crippen LogP contribution < -0.4 is 10.00 Å². The first-order valence-corrected chi connectivity index (χ1v) is 7.81. The van der Waals surface area contributed by atoms with E-state index in [2.05, 4.69) is 0 Å². The molecule has 2 atom stereocenters. The van der Waals surface area contributed by atoms with Gasteiger partial charge in [0.1, 0.15) is 13.9 Å². The number of nitrogens with zero attached hydrogens (tertiary/aromatic N) is 1. The number of carboxylic acid groups (broad SMARTS) is 1. The van der Waals surface area contributed by atoms with Crippen molar-refractivity contribution >= 4 is 25.1 Å². The first kappa shape index (κ1) is 18.8. The van der Waals surface area contributed by atoms with Crippen molar-refractivity contribution in [3.8, 4) is 0 Å². The molecule has 2 unspecified atom stereocenters. The van der Waals surface area contributed by atoms with Gasteiger partial charge in [-0.2, -0.15) is 0 Å². The molecule has 0 N–H and O–H groups in total. The van der Waals surface area contributed by atoms with Gasteiger partial charge in [0.2, 0.25) is 6.10 Å². The average molecular weight is 303 g/mol. The summed E-state index contributed by atoms with van der Waals surface area (Å²) in [6, 6.07) is 0. The van der Waals surface area contributed by atoms with E-state index in [9.17, 15) is 19.6 Å². The lowest BCUT2D eigenvalue weighted by Crippen LogP contribution is -2.49. The molecule has 0 saturated carbocycles. The zero-order valence-corrected chi connectivity index (χ0v) is 13.5. The molecule has 0 rings (SSSR count). The SMILES string of the molecule is CCC(OC(=O)/C=C/C(=O)[O-])C(=[P+]([O-])CC)[N+](C)(C)C. The third kappa shape index (κ3) is 6.28. The number of hydrogen-bond acceptors (Lipinski definition) is 5. The van der Waals surface area contributed by atoms with E-state index in [1.165, 1.54) is 0 Å². The number of rotatable bonds is 7. The van der Waals surface area contributed by atoms with Crippen molar-refractivity contribution in [1.82, 2.24) is 0 Å². The van der Waals surface area contributed by atoms with Crippen LogP contribution in [0.25, 0.3) is 0 Å². The predicted octanol–water partition coefficient (Wildman–Crippen LogP) is -0.772. The average Bonchev–Trinajstić information content (AvgIpc) is 2.33. The second kappa shape index (κ2) is 8.15. The van der Waals surface area contributed by atoms with E-state index in [-0.39, 0.29) is 0 Å². The second-order valence-corrected chi connectivity index (χ2v) is 6.90. The summed E-state index contributed by atoms with van der Waals surface area (Å²) in [5, 5.41) is 10.2. The third-order valence-electron chi connectivity index (χ3n) is 2.50. The second-order valence-electron chi connectivity index (χ2n) is 5.05. The lowest BCUT2D eigenvalue weighted by molar-refractivity contribution is -0.777. The largest absolute Gasteiger partial charge is 0.626 e. The molecule has 6 nitrogen and oxygen atoms in total. The van der Waals surface area contributed by atoms with Gasteiger partial charge >= 0.3 is 11.4 Å². The highest BCUT2D eigenvalue weighted by Gasteiger charge is 2.35. The molecule has 7 heteroatoms. The Bertz CT molecular complexity index is 423. The van der Waals surface area contributed by atoms with Crippen LogP contribution in [0.1, 0.15) is 20.3 Å². The van der Waals surface area contributed by atoms with Crippen molar-refractivity contribution in [2.45, 2.75) is 26.4 Å². The number of carbonyl (C=O) groups excluding carboxylic acids is 2. The minimum absolute atomic E-state index is 0.318. The lowest BCUT2D eigenvalue weighted by Gasteiger charge is -2.28. The molecule has 0 aromatic carbocycles. The molecule has 0 radical (unpaired) electrons. The number of likely N-dealkylation sites (N-methyl/N-ethyl adjacent to an activating group) is 1.